The van der Waals surface area contributed by atoms with Gasteiger partial charge in [-0.15, -0.1) is 0 Å². The molecule has 8 nitrogen and oxygen atoms in total. The first kappa shape index (κ1) is 30.0. The molecule has 11 heteroatoms. The average molecular weight is 572 g/mol. The summed E-state index contributed by atoms with van der Waals surface area (Å²) in [7, 11) is 0. The van der Waals surface area contributed by atoms with E-state index in [0.717, 1.165) is 29.2 Å². The zero-order valence-corrected chi connectivity index (χ0v) is 22.9. The molecular weight excluding hydrogens is 539 g/mol. The van der Waals surface area contributed by atoms with Gasteiger partial charge in [-0.3, -0.25) is 19.2 Å². The number of fused-ring (bicyclic) bond motifs is 1. The van der Waals surface area contributed by atoms with Crippen molar-refractivity contribution in [1.82, 2.24) is 9.80 Å². The first-order valence-electron chi connectivity index (χ1n) is 13.3. The molecule has 1 saturated heterocycles. The van der Waals surface area contributed by atoms with Crippen LogP contribution in [0.3, 0.4) is 0 Å². The number of aryl methyl sites for hydroxylation is 1. The number of carbonyl (C=O) groups excluding carboxylic acids is 4. The second-order valence-corrected chi connectivity index (χ2v) is 10.7. The topological polar surface area (TPSA) is 110 Å². The number of amides is 3. The third-order valence-corrected chi connectivity index (χ3v) is 7.53. The van der Waals surface area contributed by atoms with Crippen LogP contribution >= 0.6 is 0 Å². The second-order valence-electron chi connectivity index (χ2n) is 10.7. The van der Waals surface area contributed by atoms with Crippen LogP contribution in [0.25, 0.3) is 0 Å². The van der Waals surface area contributed by atoms with E-state index >= 15 is 0 Å². The van der Waals surface area contributed by atoms with Gasteiger partial charge in [-0.05, 0) is 60.2 Å². The van der Waals surface area contributed by atoms with Crippen LogP contribution in [0.15, 0.2) is 54.8 Å². The maximum atomic E-state index is 14.6. The first-order chi connectivity index (χ1) is 19.3. The number of ether oxygens (including phenoxy) is 1. The van der Waals surface area contributed by atoms with E-state index in [4.69, 9.17) is 10.5 Å². The van der Waals surface area contributed by atoms with Crippen molar-refractivity contribution in [3.63, 3.8) is 0 Å². The number of imide groups is 1. The molecule has 2 aliphatic rings. The highest BCUT2D eigenvalue weighted by Gasteiger charge is 2.43. The number of hydrogen-bond acceptors (Lipinski definition) is 6. The molecule has 2 N–H and O–H groups in total. The Labute approximate surface area is 235 Å². The molecule has 4 rings (SSSR count). The van der Waals surface area contributed by atoms with Crippen molar-refractivity contribution in [2.24, 2.45) is 11.7 Å². The van der Waals surface area contributed by atoms with Crippen LogP contribution in [0.5, 0.6) is 0 Å². The number of Topliss-reactive ketones (excluding diaryl/α,β-unsaturated/α-hetero) is 1. The number of piperidine rings is 1. The number of carbonyl (C=O) groups is 4. The molecule has 2 aromatic carbocycles. The molecule has 0 spiro atoms. The minimum atomic E-state index is -3.77. The van der Waals surface area contributed by atoms with E-state index in [2.05, 4.69) is 6.58 Å². The molecule has 1 unspecified atom stereocenters. The number of benzene rings is 2. The summed E-state index contributed by atoms with van der Waals surface area (Å²) in [6.45, 7) is 7.27. The summed E-state index contributed by atoms with van der Waals surface area (Å²) in [5.74, 6) is -6.85. The van der Waals surface area contributed by atoms with E-state index in [-0.39, 0.29) is 50.1 Å². The van der Waals surface area contributed by atoms with Crippen LogP contribution in [-0.2, 0) is 38.0 Å². The molecule has 2 heterocycles. The molecular formula is C30H32F3N3O5. The Hall–Kier alpha value is -3.99. The largest absolute Gasteiger partial charge is 0.476 e. The van der Waals surface area contributed by atoms with Crippen LogP contribution in [0.2, 0.25) is 0 Å². The van der Waals surface area contributed by atoms with Crippen molar-refractivity contribution >= 4 is 23.5 Å². The van der Waals surface area contributed by atoms with Gasteiger partial charge in [0.25, 0.3) is 11.8 Å². The predicted molar refractivity (Wildman–Crippen MR) is 143 cm³/mol. The van der Waals surface area contributed by atoms with Crippen LogP contribution in [0.4, 0.5) is 13.2 Å². The minimum Gasteiger partial charge on any atom is -0.476 e. The number of nitrogens with zero attached hydrogens (tertiary/aromatic N) is 2. The van der Waals surface area contributed by atoms with E-state index in [1.54, 1.807) is 18.2 Å². The van der Waals surface area contributed by atoms with Gasteiger partial charge >= 0.3 is 5.92 Å². The Morgan fingerprint density at radius 3 is 2.49 bits per heavy atom. The SMILES string of the molecule is C=C(OCN1C(=O)CCC(N2Cc3cc(CCC(=O)C(F)(F)c4ccc(F)cc4)ccc3C2=O)C1=O)[C@@H](N)C(C)C. The van der Waals surface area contributed by atoms with Crippen molar-refractivity contribution in [2.75, 3.05) is 6.73 Å². The van der Waals surface area contributed by atoms with Crippen LogP contribution in [0, 0.1) is 11.7 Å². The number of rotatable bonds is 11. The van der Waals surface area contributed by atoms with Crippen LogP contribution < -0.4 is 5.73 Å². The quantitative estimate of drug-likeness (QED) is 0.322. The molecule has 2 aromatic rings. The summed E-state index contributed by atoms with van der Waals surface area (Å²) in [4.78, 5) is 53.6. The van der Waals surface area contributed by atoms with Gasteiger partial charge in [0.15, 0.2) is 6.73 Å². The van der Waals surface area contributed by atoms with Gasteiger partial charge in [0, 0.05) is 30.5 Å². The molecule has 218 valence electrons. The molecule has 0 saturated carbocycles. The van der Waals surface area contributed by atoms with Gasteiger partial charge in [-0.25, -0.2) is 9.29 Å². The van der Waals surface area contributed by atoms with E-state index in [9.17, 15) is 32.3 Å². The highest BCUT2D eigenvalue weighted by molar-refractivity contribution is 6.05. The van der Waals surface area contributed by atoms with Crippen molar-refractivity contribution in [1.29, 1.82) is 0 Å². The molecule has 0 aromatic heterocycles. The van der Waals surface area contributed by atoms with Gasteiger partial charge < -0.3 is 15.4 Å². The first-order valence-corrected chi connectivity index (χ1v) is 13.3. The van der Waals surface area contributed by atoms with E-state index in [1.165, 1.54) is 4.90 Å². The number of ketones is 1. The standard InChI is InChI=1S/C30H32F3N3O5/c1-17(2)27(34)18(3)41-16-36-26(38)13-11-24(29(36)40)35-15-20-14-19(4-10-23(20)28(35)39)5-12-25(37)30(32,33)21-6-8-22(31)9-7-21/h4,6-10,14,17,24,27H,3,5,11-13,15-16,34H2,1-2H3/t24?,27-/m0/s1. The van der Waals surface area contributed by atoms with Crippen molar-refractivity contribution < 1.29 is 37.1 Å². The Morgan fingerprint density at radius 1 is 1.15 bits per heavy atom. The summed E-state index contributed by atoms with van der Waals surface area (Å²) < 4.78 is 47.8. The third kappa shape index (κ3) is 6.19. The highest BCUT2D eigenvalue weighted by atomic mass is 19.3. The monoisotopic (exact) mass is 571 g/mol. The van der Waals surface area contributed by atoms with Gasteiger partial charge in [0.1, 0.15) is 17.6 Å². The molecule has 0 radical (unpaired) electrons. The van der Waals surface area contributed by atoms with E-state index in [0.29, 0.717) is 16.7 Å². The predicted octanol–water partition coefficient (Wildman–Crippen LogP) is 4.06. The summed E-state index contributed by atoms with van der Waals surface area (Å²) in [6.07, 6.45) is -0.273. The fraction of sp³-hybridized carbons (Fsp3) is 0.400. The summed E-state index contributed by atoms with van der Waals surface area (Å²) in [6, 6.07) is 6.94. The second kappa shape index (κ2) is 11.9. The lowest BCUT2D eigenvalue weighted by atomic mass is 9.97. The fourth-order valence-corrected chi connectivity index (χ4v) is 4.90. The Kier molecular flexibility index (Phi) is 8.67. The number of alkyl halides is 2. The molecule has 41 heavy (non-hydrogen) atoms. The van der Waals surface area contributed by atoms with Crippen LogP contribution in [-0.4, -0.2) is 52.1 Å². The lowest BCUT2D eigenvalue weighted by Gasteiger charge is -2.35. The number of nitrogens with two attached hydrogens (primary N) is 1. The molecule has 0 bridgehead atoms. The Morgan fingerprint density at radius 2 is 1.83 bits per heavy atom. The van der Waals surface area contributed by atoms with E-state index in [1.807, 2.05) is 13.8 Å². The third-order valence-electron chi connectivity index (χ3n) is 7.53. The fourth-order valence-electron chi connectivity index (χ4n) is 4.90. The molecule has 2 aliphatic heterocycles. The lowest BCUT2D eigenvalue weighted by Crippen LogP contribution is -2.55. The highest BCUT2D eigenvalue weighted by Crippen LogP contribution is 2.33. The number of likely N-dealkylation sites (tertiary alicyclic amines) is 1. The maximum absolute atomic E-state index is 14.6. The maximum Gasteiger partial charge on any atom is 0.330 e. The van der Waals surface area contributed by atoms with Gasteiger partial charge in [-0.1, -0.05) is 32.6 Å². The molecule has 2 atom stereocenters. The lowest BCUT2D eigenvalue weighted by molar-refractivity contribution is -0.157. The Bertz CT molecular complexity index is 1380. The smallest absolute Gasteiger partial charge is 0.330 e. The number of halogens is 3. The number of hydrogen-bond donors (Lipinski definition) is 1. The zero-order valence-electron chi connectivity index (χ0n) is 22.9. The van der Waals surface area contributed by atoms with E-state index < -0.39 is 53.4 Å². The molecule has 0 aliphatic carbocycles. The van der Waals surface area contributed by atoms with Crippen LogP contribution in [0.1, 0.15) is 60.2 Å². The average Bonchev–Trinajstić information content (AvgIpc) is 3.26. The summed E-state index contributed by atoms with van der Waals surface area (Å²) >= 11 is 0. The van der Waals surface area contributed by atoms with Crippen molar-refractivity contribution in [2.45, 2.75) is 64.1 Å². The van der Waals surface area contributed by atoms with Gasteiger partial charge in [0.2, 0.25) is 11.7 Å². The van der Waals surface area contributed by atoms with Gasteiger partial charge in [-0.2, -0.15) is 8.78 Å². The molecule has 1 fully saturated rings. The Balaban J connectivity index is 1.40. The van der Waals surface area contributed by atoms with Crippen molar-refractivity contribution in [3.05, 3.63) is 82.9 Å². The minimum absolute atomic E-state index is 0.00146. The zero-order chi connectivity index (χ0) is 30.1. The normalized spacial score (nSPS) is 18.1. The summed E-state index contributed by atoms with van der Waals surface area (Å²) in [5.41, 5.74) is 6.95. The summed E-state index contributed by atoms with van der Waals surface area (Å²) in [5, 5.41) is 0. The van der Waals surface area contributed by atoms with Crippen molar-refractivity contribution in [3.8, 4) is 0 Å². The molecule has 3 amide bonds. The van der Waals surface area contributed by atoms with Gasteiger partial charge in [0.05, 0.1) is 6.04 Å².